The standard InChI is InChI=1S/C47H35N3O/c1-2-10-30(11-3-1)44-48-45(50-46(49-44)39-15-8-14-38-36-13-6-7-16-41(36)51-43(38)39)31-18-19-35-37-20-17-29-9-4-5-12-34(29)42(37)47(40(35)26-31)32-22-27-21-28(24-32)25-33(47)23-27/h1-20,26-28,32-33H,21-25H2. The van der Waals surface area contributed by atoms with Crippen molar-refractivity contribution in [3.05, 3.63) is 139 Å². The molecule has 4 saturated carbocycles. The quantitative estimate of drug-likeness (QED) is 0.190. The van der Waals surface area contributed by atoms with Crippen LogP contribution in [0.1, 0.15) is 43.2 Å². The van der Waals surface area contributed by atoms with E-state index >= 15 is 0 Å². The van der Waals surface area contributed by atoms with Gasteiger partial charge >= 0.3 is 0 Å². The van der Waals surface area contributed by atoms with Crippen molar-refractivity contribution in [1.82, 2.24) is 15.0 Å². The molecule has 2 heterocycles. The first kappa shape index (κ1) is 28.1. The Balaban J connectivity index is 1.10. The van der Waals surface area contributed by atoms with Crippen LogP contribution in [-0.2, 0) is 5.41 Å². The van der Waals surface area contributed by atoms with E-state index in [1.165, 1.54) is 59.6 Å². The van der Waals surface area contributed by atoms with E-state index in [1.807, 2.05) is 30.3 Å². The number of fused-ring (bicyclic) bond motifs is 8. The Morgan fingerprint density at radius 3 is 1.98 bits per heavy atom. The Labute approximate surface area is 296 Å². The molecule has 4 fully saturated rings. The highest BCUT2D eigenvalue weighted by Crippen LogP contribution is 2.70. The van der Waals surface area contributed by atoms with Crippen LogP contribution < -0.4 is 0 Å². The highest BCUT2D eigenvalue weighted by Gasteiger charge is 2.62. The van der Waals surface area contributed by atoms with Crippen LogP contribution in [0, 0.1) is 23.7 Å². The molecule has 8 aromatic rings. The van der Waals surface area contributed by atoms with Gasteiger partial charge < -0.3 is 4.42 Å². The summed E-state index contributed by atoms with van der Waals surface area (Å²) in [6, 6.07) is 45.8. The molecule has 0 radical (unpaired) electrons. The Bertz CT molecular complexity index is 2700. The van der Waals surface area contributed by atoms with Crippen LogP contribution in [0.5, 0.6) is 0 Å². The van der Waals surface area contributed by atoms with Crippen molar-refractivity contribution in [2.75, 3.05) is 0 Å². The Morgan fingerprint density at radius 2 is 1.16 bits per heavy atom. The Morgan fingerprint density at radius 1 is 0.490 bits per heavy atom. The van der Waals surface area contributed by atoms with Crippen molar-refractivity contribution >= 4 is 32.7 Å². The number of hydrogen-bond acceptors (Lipinski definition) is 4. The SMILES string of the molecule is c1ccc(-c2nc(-c3ccc4c(c3)C3(c5c-4ccc4ccccc54)C4CC5CC(C4)CC3C5)nc(-c3cccc4c3oc3ccccc34)n2)cc1. The molecule has 0 atom stereocenters. The fourth-order valence-corrected chi connectivity index (χ4v) is 11.4. The van der Waals surface area contributed by atoms with Crippen LogP contribution in [0.15, 0.2) is 132 Å². The third kappa shape index (κ3) is 3.83. The second-order valence-corrected chi connectivity index (χ2v) is 15.6. The first-order valence-electron chi connectivity index (χ1n) is 18.6. The van der Waals surface area contributed by atoms with Crippen LogP contribution in [-0.4, -0.2) is 15.0 Å². The van der Waals surface area contributed by atoms with Crippen LogP contribution in [0.2, 0.25) is 0 Å². The summed E-state index contributed by atoms with van der Waals surface area (Å²) in [4.78, 5) is 15.6. The van der Waals surface area contributed by atoms with Gasteiger partial charge in [0.2, 0.25) is 0 Å². The van der Waals surface area contributed by atoms with Gasteiger partial charge in [0, 0.05) is 27.3 Å². The van der Waals surface area contributed by atoms with Gasteiger partial charge in [-0.25, -0.2) is 15.0 Å². The molecule has 4 nitrogen and oxygen atoms in total. The van der Waals surface area contributed by atoms with Gasteiger partial charge in [-0.2, -0.15) is 0 Å². The van der Waals surface area contributed by atoms with E-state index in [9.17, 15) is 0 Å². The van der Waals surface area contributed by atoms with Crippen molar-refractivity contribution in [1.29, 1.82) is 0 Å². The average molecular weight is 658 g/mol. The lowest BCUT2D eigenvalue weighted by Crippen LogP contribution is -2.55. The fraction of sp³-hybridized carbons (Fsp3) is 0.213. The lowest BCUT2D eigenvalue weighted by atomic mass is 9.43. The summed E-state index contributed by atoms with van der Waals surface area (Å²) < 4.78 is 6.49. The third-order valence-corrected chi connectivity index (χ3v) is 13.1. The molecule has 13 rings (SSSR count). The van der Waals surface area contributed by atoms with Gasteiger partial charge in [-0.15, -0.1) is 0 Å². The Hall–Kier alpha value is -5.61. The molecule has 1 spiro atoms. The summed E-state index contributed by atoms with van der Waals surface area (Å²) in [6.07, 6.45) is 6.81. The molecule has 2 aromatic heterocycles. The van der Waals surface area contributed by atoms with Gasteiger partial charge in [-0.3, -0.25) is 0 Å². The smallest absolute Gasteiger partial charge is 0.167 e. The van der Waals surface area contributed by atoms with Gasteiger partial charge in [-0.05, 0) is 107 Å². The molecular formula is C47H35N3O. The summed E-state index contributed by atoms with van der Waals surface area (Å²) >= 11 is 0. The number of nitrogens with zero attached hydrogens (tertiary/aromatic N) is 3. The predicted molar refractivity (Wildman–Crippen MR) is 204 cm³/mol. The monoisotopic (exact) mass is 657 g/mol. The minimum atomic E-state index is 0.0208. The fourth-order valence-electron chi connectivity index (χ4n) is 11.4. The van der Waals surface area contributed by atoms with Crippen LogP contribution in [0.4, 0.5) is 0 Å². The van der Waals surface area contributed by atoms with E-state index in [4.69, 9.17) is 19.4 Å². The highest BCUT2D eigenvalue weighted by atomic mass is 16.3. The largest absolute Gasteiger partial charge is 0.455 e. The second-order valence-electron chi connectivity index (χ2n) is 15.6. The first-order chi connectivity index (χ1) is 25.2. The molecule has 0 amide bonds. The molecular weight excluding hydrogens is 623 g/mol. The number of aromatic nitrogens is 3. The Kier molecular flexibility index (Phi) is 5.64. The van der Waals surface area contributed by atoms with Gasteiger partial charge in [-0.1, -0.05) is 109 Å². The van der Waals surface area contributed by atoms with E-state index < -0.39 is 0 Å². The topological polar surface area (TPSA) is 51.8 Å². The molecule has 51 heavy (non-hydrogen) atoms. The lowest BCUT2D eigenvalue weighted by Gasteiger charge is -2.61. The van der Waals surface area contributed by atoms with Crippen LogP contribution in [0.3, 0.4) is 0 Å². The maximum atomic E-state index is 6.49. The molecule has 244 valence electrons. The third-order valence-electron chi connectivity index (χ3n) is 13.1. The van der Waals surface area contributed by atoms with Crippen LogP contribution >= 0.6 is 0 Å². The number of benzene rings is 6. The zero-order chi connectivity index (χ0) is 33.3. The number of rotatable bonds is 3. The van der Waals surface area contributed by atoms with Crippen molar-refractivity contribution in [2.24, 2.45) is 23.7 Å². The van der Waals surface area contributed by atoms with Gasteiger partial charge in [0.05, 0.1) is 5.56 Å². The summed E-state index contributed by atoms with van der Waals surface area (Å²) in [7, 11) is 0. The zero-order valence-corrected chi connectivity index (χ0v) is 28.2. The summed E-state index contributed by atoms with van der Waals surface area (Å²) in [5.41, 5.74) is 10.5. The molecule has 4 bridgehead atoms. The normalized spacial score (nSPS) is 24.2. The number of hydrogen-bond donors (Lipinski definition) is 0. The predicted octanol–water partition coefficient (Wildman–Crippen LogP) is 11.6. The van der Waals surface area contributed by atoms with E-state index in [0.717, 1.165) is 50.5 Å². The van der Waals surface area contributed by atoms with Crippen molar-refractivity contribution in [3.8, 4) is 45.3 Å². The molecule has 6 aromatic carbocycles. The number of para-hydroxylation sites is 2. The minimum absolute atomic E-state index is 0.0208. The van der Waals surface area contributed by atoms with E-state index in [2.05, 4.69) is 97.1 Å². The molecule has 4 heteroatoms. The molecule has 0 unspecified atom stereocenters. The molecule has 5 aliphatic rings. The molecule has 0 N–H and O–H groups in total. The summed E-state index contributed by atoms with van der Waals surface area (Å²) in [5.74, 6) is 5.08. The van der Waals surface area contributed by atoms with Crippen molar-refractivity contribution in [2.45, 2.75) is 37.5 Å². The van der Waals surface area contributed by atoms with E-state index in [-0.39, 0.29) is 5.41 Å². The van der Waals surface area contributed by atoms with Crippen molar-refractivity contribution < 1.29 is 4.42 Å². The minimum Gasteiger partial charge on any atom is -0.455 e. The molecule has 0 aliphatic heterocycles. The van der Waals surface area contributed by atoms with Crippen LogP contribution in [0.25, 0.3) is 78.0 Å². The molecule has 5 aliphatic carbocycles. The van der Waals surface area contributed by atoms with Gasteiger partial charge in [0.25, 0.3) is 0 Å². The second kappa shape index (κ2) is 10.2. The summed E-state index contributed by atoms with van der Waals surface area (Å²) in [6.45, 7) is 0. The van der Waals surface area contributed by atoms with Gasteiger partial charge in [0.15, 0.2) is 17.5 Å². The summed E-state index contributed by atoms with van der Waals surface area (Å²) in [5, 5.41) is 4.95. The number of furan rings is 1. The van der Waals surface area contributed by atoms with E-state index in [1.54, 1.807) is 5.56 Å². The average Bonchev–Trinajstić information content (AvgIpc) is 3.71. The molecule has 0 saturated heterocycles. The first-order valence-corrected chi connectivity index (χ1v) is 18.6. The highest BCUT2D eigenvalue weighted by molar-refractivity contribution is 6.09. The van der Waals surface area contributed by atoms with Gasteiger partial charge in [0.1, 0.15) is 11.2 Å². The zero-order valence-electron chi connectivity index (χ0n) is 28.2. The maximum absolute atomic E-state index is 6.49. The lowest BCUT2D eigenvalue weighted by molar-refractivity contribution is -0.0393. The van der Waals surface area contributed by atoms with Crippen molar-refractivity contribution in [3.63, 3.8) is 0 Å². The van der Waals surface area contributed by atoms with E-state index in [0.29, 0.717) is 29.3 Å². The maximum Gasteiger partial charge on any atom is 0.167 e.